The minimum Gasteiger partial charge on any atom is -0.493 e. The number of benzene rings is 1. The van der Waals surface area contributed by atoms with Crippen LogP contribution in [0, 0.1) is 0 Å². The third-order valence-corrected chi connectivity index (χ3v) is 4.57. The quantitative estimate of drug-likeness (QED) is 0.779. The average Bonchev–Trinajstić information content (AvgIpc) is 3.33. The normalized spacial score (nSPS) is 19.4. The molecule has 0 aliphatic carbocycles. The molecular formula is C20H25N3O5. The Hall–Kier alpha value is -2.87. The number of likely N-dealkylation sites (tertiary alicyclic amines) is 1. The summed E-state index contributed by atoms with van der Waals surface area (Å²) >= 11 is 0. The van der Waals surface area contributed by atoms with Gasteiger partial charge < -0.3 is 23.9 Å². The van der Waals surface area contributed by atoms with Crippen LogP contribution in [0.25, 0.3) is 6.08 Å². The Labute approximate surface area is 163 Å². The standard InChI is InChI=1S/C20H25N3O5/c1-4-6-13-7-8-16(17(9-13)26-3)27-12-19(25)23-11-14(24)10-15(23)20-22-21-18(5-2)28-20/h4,6-9,14-15,24H,5,10-12H2,1-3H3/b6-4+/t14-,15-/m1/s1. The van der Waals surface area contributed by atoms with Crippen molar-refractivity contribution in [2.75, 3.05) is 20.3 Å². The fourth-order valence-electron chi connectivity index (χ4n) is 3.19. The summed E-state index contributed by atoms with van der Waals surface area (Å²) in [5.74, 6) is 1.61. The number of ether oxygens (including phenoxy) is 2. The summed E-state index contributed by atoms with van der Waals surface area (Å²) in [5, 5.41) is 18.0. The third kappa shape index (κ3) is 4.33. The van der Waals surface area contributed by atoms with Crippen LogP contribution in [0.2, 0.25) is 0 Å². The Morgan fingerprint density at radius 1 is 1.39 bits per heavy atom. The smallest absolute Gasteiger partial charge is 0.261 e. The largest absolute Gasteiger partial charge is 0.493 e. The number of allylic oxidation sites excluding steroid dienone is 1. The molecule has 0 spiro atoms. The van der Waals surface area contributed by atoms with Crippen molar-refractivity contribution in [2.24, 2.45) is 0 Å². The third-order valence-electron chi connectivity index (χ3n) is 4.57. The highest BCUT2D eigenvalue weighted by Gasteiger charge is 2.38. The van der Waals surface area contributed by atoms with E-state index in [0.29, 0.717) is 36.1 Å². The number of hydrogen-bond donors (Lipinski definition) is 1. The van der Waals surface area contributed by atoms with Gasteiger partial charge in [0, 0.05) is 19.4 Å². The van der Waals surface area contributed by atoms with Crippen molar-refractivity contribution in [2.45, 2.75) is 38.8 Å². The van der Waals surface area contributed by atoms with Gasteiger partial charge in [-0.2, -0.15) is 0 Å². The lowest BCUT2D eigenvalue weighted by Crippen LogP contribution is -2.35. The molecule has 1 aliphatic rings. The number of β-amino-alcohol motifs (C(OH)–C–C–N with tert-alkyl or cyclic N) is 1. The number of aliphatic hydroxyl groups excluding tert-OH is 1. The van der Waals surface area contributed by atoms with Crippen LogP contribution in [0.3, 0.4) is 0 Å². The van der Waals surface area contributed by atoms with Crippen molar-refractivity contribution < 1.29 is 23.8 Å². The molecule has 28 heavy (non-hydrogen) atoms. The lowest BCUT2D eigenvalue weighted by atomic mass is 10.2. The summed E-state index contributed by atoms with van der Waals surface area (Å²) in [6.45, 7) is 3.86. The van der Waals surface area contributed by atoms with Crippen LogP contribution in [0.15, 0.2) is 28.7 Å². The highest BCUT2D eigenvalue weighted by Crippen LogP contribution is 2.32. The minimum atomic E-state index is -0.638. The molecule has 8 nitrogen and oxygen atoms in total. The summed E-state index contributed by atoms with van der Waals surface area (Å²) in [6, 6.07) is 5.05. The highest BCUT2D eigenvalue weighted by molar-refractivity contribution is 5.78. The van der Waals surface area contributed by atoms with Crippen molar-refractivity contribution in [3.63, 3.8) is 0 Å². The van der Waals surface area contributed by atoms with Gasteiger partial charge in [-0.05, 0) is 24.6 Å². The Bertz CT molecular complexity index is 848. The van der Waals surface area contributed by atoms with Crippen LogP contribution in [0.4, 0.5) is 0 Å². The van der Waals surface area contributed by atoms with E-state index in [-0.39, 0.29) is 19.1 Å². The van der Waals surface area contributed by atoms with E-state index in [1.807, 2.05) is 38.1 Å². The summed E-state index contributed by atoms with van der Waals surface area (Å²) < 4.78 is 16.6. The molecule has 3 rings (SSSR count). The Balaban J connectivity index is 1.69. The van der Waals surface area contributed by atoms with Crippen molar-refractivity contribution in [3.05, 3.63) is 41.6 Å². The first kappa shape index (κ1) is 19.9. The van der Waals surface area contributed by atoms with Crippen molar-refractivity contribution >= 4 is 12.0 Å². The Kier molecular flexibility index (Phi) is 6.30. The first-order valence-corrected chi connectivity index (χ1v) is 9.29. The van der Waals surface area contributed by atoms with Gasteiger partial charge in [-0.25, -0.2) is 0 Å². The van der Waals surface area contributed by atoms with E-state index in [0.717, 1.165) is 5.56 Å². The van der Waals surface area contributed by atoms with Crippen LogP contribution in [0.5, 0.6) is 11.5 Å². The maximum atomic E-state index is 12.7. The molecular weight excluding hydrogens is 362 g/mol. The topological polar surface area (TPSA) is 97.9 Å². The summed E-state index contributed by atoms with van der Waals surface area (Å²) in [4.78, 5) is 14.3. The average molecular weight is 387 g/mol. The number of aliphatic hydroxyl groups is 1. The van der Waals surface area contributed by atoms with Gasteiger partial charge in [0.2, 0.25) is 11.8 Å². The van der Waals surface area contributed by atoms with E-state index >= 15 is 0 Å². The number of carbonyl (C=O) groups is 1. The SMILES string of the molecule is C/C=C/c1ccc(OCC(=O)N2C[C@H](O)C[C@@H]2c2nnc(CC)o2)c(OC)c1. The van der Waals surface area contributed by atoms with Crippen molar-refractivity contribution in [3.8, 4) is 11.5 Å². The van der Waals surface area contributed by atoms with Gasteiger partial charge in [0.1, 0.15) is 6.04 Å². The van der Waals surface area contributed by atoms with E-state index < -0.39 is 12.1 Å². The van der Waals surface area contributed by atoms with E-state index in [1.165, 1.54) is 4.90 Å². The van der Waals surface area contributed by atoms with Crippen LogP contribution in [0.1, 0.15) is 43.7 Å². The van der Waals surface area contributed by atoms with Crippen LogP contribution in [-0.4, -0.2) is 52.5 Å². The predicted octanol–water partition coefficient (Wildman–Crippen LogP) is 2.39. The van der Waals surface area contributed by atoms with Gasteiger partial charge in [-0.3, -0.25) is 4.79 Å². The summed E-state index contributed by atoms with van der Waals surface area (Å²) in [7, 11) is 1.55. The summed E-state index contributed by atoms with van der Waals surface area (Å²) in [5.41, 5.74) is 0.976. The van der Waals surface area contributed by atoms with Gasteiger partial charge >= 0.3 is 0 Å². The van der Waals surface area contributed by atoms with E-state index in [2.05, 4.69) is 10.2 Å². The zero-order valence-corrected chi connectivity index (χ0v) is 16.3. The van der Waals surface area contributed by atoms with E-state index in [1.54, 1.807) is 13.2 Å². The van der Waals surface area contributed by atoms with Gasteiger partial charge in [0.15, 0.2) is 18.1 Å². The number of aryl methyl sites for hydroxylation is 1. The molecule has 1 aromatic heterocycles. The lowest BCUT2D eigenvalue weighted by Gasteiger charge is -2.22. The number of carbonyl (C=O) groups excluding carboxylic acids is 1. The first-order valence-electron chi connectivity index (χ1n) is 9.29. The first-order chi connectivity index (χ1) is 13.5. The number of amides is 1. The lowest BCUT2D eigenvalue weighted by molar-refractivity contribution is -0.135. The molecule has 1 aliphatic heterocycles. The van der Waals surface area contributed by atoms with E-state index in [4.69, 9.17) is 13.9 Å². The number of methoxy groups -OCH3 is 1. The number of nitrogens with zero attached hydrogens (tertiary/aromatic N) is 3. The fraction of sp³-hybridized carbons (Fsp3) is 0.450. The zero-order chi connectivity index (χ0) is 20.1. The Morgan fingerprint density at radius 2 is 2.21 bits per heavy atom. The van der Waals surface area contributed by atoms with Gasteiger partial charge in [0.25, 0.3) is 5.91 Å². The maximum Gasteiger partial charge on any atom is 0.261 e. The van der Waals surface area contributed by atoms with Crippen molar-refractivity contribution in [1.29, 1.82) is 0 Å². The molecule has 1 saturated heterocycles. The molecule has 150 valence electrons. The molecule has 0 radical (unpaired) electrons. The highest BCUT2D eigenvalue weighted by atomic mass is 16.5. The molecule has 2 atom stereocenters. The molecule has 1 N–H and O–H groups in total. The van der Waals surface area contributed by atoms with Crippen LogP contribution < -0.4 is 9.47 Å². The maximum absolute atomic E-state index is 12.7. The predicted molar refractivity (Wildman–Crippen MR) is 102 cm³/mol. The second kappa shape index (κ2) is 8.88. The number of hydrogen-bond acceptors (Lipinski definition) is 7. The van der Waals surface area contributed by atoms with Gasteiger partial charge in [-0.1, -0.05) is 25.1 Å². The molecule has 8 heteroatoms. The zero-order valence-electron chi connectivity index (χ0n) is 16.3. The number of aromatic nitrogens is 2. The fourth-order valence-corrected chi connectivity index (χ4v) is 3.19. The molecule has 1 amide bonds. The van der Waals surface area contributed by atoms with Gasteiger partial charge in [-0.15, -0.1) is 10.2 Å². The van der Waals surface area contributed by atoms with Gasteiger partial charge in [0.05, 0.1) is 13.2 Å². The van der Waals surface area contributed by atoms with Crippen LogP contribution in [-0.2, 0) is 11.2 Å². The van der Waals surface area contributed by atoms with Crippen molar-refractivity contribution in [1.82, 2.24) is 15.1 Å². The monoisotopic (exact) mass is 387 g/mol. The summed E-state index contributed by atoms with van der Waals surface area (Å²) in [6.07, 6.45) is 4.21. The minimum absolute atomic E-state index is 0.183. The molecule has 1 aromatic carbocycles. The van der Waals surface area contributed by atoms with Crippen LogP contribution >= 0.6 is 0 Å². The van der Waals surface area contributed by atoms with E-state index in [9.17, 15) is 9.90 Å². The number of rotatable bonds is 7. The molecule has 2 aromatic rings. The molecule has 0 bridgehead atoms. The second-order valence-corrected chi connectivity index (χ2v) is 6.54. The molecule has 0 unspecified atom stereocenters. The molecule has 1 fully saturated rings. The molecule has 2 heterocycles. The second-order valence-electron chi connectivity index (χ2n) is 6.54. The molecule has 0 saturated carbocycles. The Morgan fingerprint density at radius 3 is 2.89 bits per heavy atom.